The summed E-state index contributed by atoms with van der Waals surface area (Å²) in [5.74, 6) is 0.223. The van der Waals surface area contributed by atoms with E-state index in [0.29, 0.717) is 11.5 Å². The summed E-state index contributed by atoms with van der Waals surface area (Å²) in [6.07, 6.45) is 5.96. The van der Waals surface area contributed by atoms with Crippen LogP contribution in [0.3, 0.4) is 0 Å². The van der Waals surface area contributed by atoms with Gasteiger partial charge in [0.05, 0.1) is 11.8 Å². The van der Waals surface area contributed by atoms with Crippen LogP contribution in [0.5, 0.6) is 0 Å². The van der Waals surface area contributed by atoms with Crippen LogP contribution in [0.4, 0.5) is 5.69 Å². The van der Waals surface area contributed by atoms with Crippen LogP contribution in [0.2, 0.25) is 0 Å². The number of rotatable bonds is 4. The zero-order chi connectivity index (χ0) is 18.7. The van der Waals surface area contributed by atoms with Crippen molar-refractivity contribution in [1.82, 2.24) is 10.4 Å². The number of nitrogens with zero attached hydrogens (tertiary/aromatic N) is 3. The normalized spacial score (nSPS) is 18.6. The largest absolute Gasteiger partial charge is 0.366 e. The highest BCUT2D eigenvalue weighted by Gasteiger charge is 2.35. The summed E-state index contributed by atoms with van der Waals surface area (Å²) in [4.78, 5) is 18.4. The van der Waals surface area contributed by atoms with Gasteiger partial charge in [-0.3, -0.25) is 9.78 Å². The number of hydrogen-bond acceptors (Lipinski definition) is 4. The SMILES string of the molecule is CCN1c2ccc(/C=N\NC(=O)c3cccnc3)cc2[C@@H](C)CC1(C)C. The molecule has 0 radical (unpaired) electrons. The second-order valence-electron chi connectivity index (χ2n) is 7.42. The Hall–Kier alpha value is -2.69. The lowest BCUT2D eigenvalue weighted by Crippen LogP contribution is -2.48. The van der Waals surface area contributed by atoms with Crippen molar-refractivity contribution >= 4 is 17.8 Å². The zero-order valence-electron chi connectivity index (χ0n) is 15.9. The third-order valence-corrected chi connectivity index (χ3v) is 5.03. The second-order valence-corrected chi connectivity index (χ2v) is 7.42. The minimum atomic E-state index is -0.264. The van der Waals surface area contributed by atoms with Gasteiger partial charge >= 0.3 is 0 Å². The number of aromatic nitrogens is 1. The topological polar surface area (TPSA) is 57.6 Å². The number of amides is 1. The molecule has 0 saturated carbocycles. The first kappa shape index (κ1) is 18.1. The Labute approximate surface area is 155 Å². The van der Waals surface area contributed by atoms with Crippen LogP contribution in [0, 0.1) is 0 Å². The third kappa shape index (κ3) is 3.62. The van der Waals surface area contributed by atoms with Crippen molar-refractivity contribution in [2.75, 3.05) is 11.4 Å². The van der Waals surface area contributed by atoms with Crippen LogP contribution in [0.25, 0.3) is 0 Å². The molecule has 0 fully saturated rings. The maximum absolute atomic E-state index is 12.0. The molecule has 5 nitrogen and oxygen atoms in total. The molecule has 1 aliphatic heterocycles. The number of pyridine rings is 1. The predicted molar refractivity (Wildman–Crippen MR) is 106 cm³/mol. The van der Waals surface area contributed by atoms with E-state index in [-0.39, 0.29) is 11.4 Å². The summed E-state index contributed by atoms with van der Waals surface area (Å²) in [5, 5.41) is 4.09. The number of benzene rings is 1. The molecular formula is C21H26N4O. The molecule has 3 rings (SSSR count). The Morgan fingerprint density at radius 3 is 2.92 bits per heavy atom. The van der Waals surface area contributed by atoms with Crippen LogP contribution >= 0.6 is 0 Å². The zero-order valence-corrected chi connectivity index (χ0v) is 15.9. The Morgan fingerprint density at radius 1 is 1.42 bits per heavy atom. The molecule has 1 amide bonds. The van der Waals surface area contributed by atoms with E-state index >= 15 is 0 Å². The van der Waals surface area contributed by atoms with Crippen molar-refractivity contribution in [3.05, 3.63) is 59.4 Å². The smallest absolute Gasteiger partial charge is 0.272 e. The van der Waals surface area contributed by atoms with Crippen molar-refractivity contribution in [2.24, 2.45) is 5.10 Å². The molecule has 0 spiro atoms. The van der Waals surface area contributed by atoms with Crippen molar-refractivity contribution in [1.29, 1.82) is 0 Å². The number of fused-ring (bicyclic) bond motifs is 1. The molecule has 2 aromatic rings. The number of hydrazone groups is 1. The first-order chi connectivity index (χ1) is 12.4. The molecule has 0 bridgehead atoms. The number of hydrogen-bond donors (Lipinski definition) is 1. The number of carbonyl (C=O) groups excluding carboxylic acids is 1. The molecule has 136 valence electrons. The van der Waals surface area contributed by atoms with Gasteiger partial charge in [0.15, 0.2) is 0 Å². The molecule has 1 atom stereocenters. The van der Waals surface area contributed by atoms with Gasteiger partial charge in [0, 0.05) is 30.2 Å². The van der Waals surface area contributed by atoms with Crippen molar-refractivity contribution in [3.8, 4) is 0 Å². The second kappa shape index (κ2) is 7.28. The maximum Gasteiger partial charge on any atom is 0.272 e. The number of anilines is 1. The van der Waals surface area contributed by atoms with E-state index < -0.39 is 0 Å². The molecule has 0 aliphatic carbocycles. The van der Waals surface area contributed by atoms with Gasteiger partial charge < -0.3 is 4.90 Å². The molecule has 1 aromatic carbocycles. The molecule has 1 aliphatic rings. The van der Waals surface area contributed by atoms with Gasteiger partial charge in [-0.1, -0.05) is 13.0 Å². The van der Waals surface area contributed by atoms with Gasteiger partial charge in [-0.05, 0) is 68.5 Å². The summed E-state index contributed by atoms with van der Waals surface area (Å²) >= 11 is 0. The molecule has 1 N–H and O–H groups in total. The molecular weight excluding hydrogens is 324 g/mol. The summed E-state index contributed by atoms with van der Waals surface area (Å²) < 4.78 is 0. The first-order valence-corrected chi connectivity index (χ1v) is 9.07. The summed E-state index contributed by atoms with van der Waals surface area (Å²) in [5.41, 5.74) is 6.83. The molecule has 2 heterocycles. The monoisotopic (exact) mass is 350 g/mol. The standard InChI is InChI=1S/C21H26N4O/c1-5-25-19-9-8-16(11-18(19)15(2)12-21(25,3)4)13-23-24-20(26)17-7-6-10-22-14-17/h6-11,13-15H,5,12H2,1-4H3,(H,24,26)/b23-13-/t15-/m0/s1. The fraction of sp³-hybridized carbons (Fsp3) is 0.381. The van der Waals surface area contributed by atoms with E-state index in [1.54, 1.807) is 24.5 Å². The highest BCUT2D eigenvalue weighted by Crippen LogP contribution is 2.43. The highest BCUT2D eigenvalue weighted by atomic mass is 16.2. The van der Waals surface area contributed by atoms with Gasteiger partial charge in [-0.15, -0.1) is 0 Å². The van der Waals surface area contributed by atoms with Crippen molar-refractivity contribution in [3.63, 3.8) is 0 Å². The molecule has 0 saturated heterocycles. The van der Waals surface area contributed by atoms with Crippen LogP contribution < -0.4 is 10.3 Å². The predicted octanol–water partition coefficient (Wildman–Crippen LogP) is 3.96. The van der Waals surface area contributed by atoms with E-state index in [0.717, 1.165) is 18.5 Å². The quantitative estimate of drug-likeness (QED) is 0.671. The molecule has 0 unspecified atom stereocenters. The van der Waals surface area contributed by atoms with E-state index in [9.17, 15) is 4.79 Å². The lowest BCUT2D eigenvalue weighted by atomic mass is 9.79. The van der Waals surface area contributed by atoms with E-state index in [4.69, 9.17) is 0 Å². The van der Waals surface area contributed by atoms with E-state index in [2.05, 4.69) is 66.3 Å². The summed E-state index contributed by atoms with van der Waals surface area (Å²) in [7, 11) is 0. The van der Waals surface area contributed by atoms with Crippen LogP contribution in [-0.2, 0) is 0 Å². The van der Waals surface area contributed by atoms with Crippen molar-refractivity contribution in [2.45, 2.75) is 45.6 Å². The molecule has 5 heteroatoms. The maximum atomic E-state index is 12.0. The Kier molecular flexibility index (Phi) is 5.07. The fourth-order valence-corrected chi connectivity index (χ4v) is 3.91. The van der Waals surface area contributed by atoms with Crippen LogP contribution in [-0.4, -0.2) is 29.2 Å². The summed E-state index contributed by atoms with van der Waals surface area (Å²) in [6.45, 7) is 10.1. The van der Waals surface area contributed by atoms with Crippen molar-refractivity contribution < 1.29 is 4.79 Å². The minimum Gasteiger partial charge on any atom is -0.366 e. The number of nitrogens with one attached hydrogen (secondary N) is 1. The highest BCUT2D eigenvalue weighted by molar-refractivity contribution is 5.94. The summed E-state index contributed by atoms with van der Waals surface area (Å²) in [6, 6.07) is 9.83. The lowest BCUT2D eigenvalue weighted by molar-refractivity contribution is 0.0955. The molecule has 26 heavy (non-hydrogen) atoms. The van der Waals surface area contributed by atoms with E-state index in [1.165, 1.54) is 17.4 Å². The minimum absolute atomic E-state index is 0.161. The Bertz CT molecular complexity index is 814. The van der Waals surface area contributed by atoms with Gasteiger partial charge in [0.2, 0.25) is 0 Å². The lowest BCUT2D eigenvalue weighted by Gasteiger charge is -2.47. The van der Waals surface area contributed by atoms with Gasteiger partial charge in [0.25, 0.3) is 5.91 Å². The van der Waals surface area contributed by atoms with E-state index in [1.807, 2.05) is 0 Å². The third-order valence-electron chi connectivity index (χ3n) is 5.03. The Morgan fingerprint density at radius 2 is 2.23 bits per heavy atom. The van der Waals surface area contributed by atoms with Crippen LogP contribution in [0.15, 0.2) is 47.8 Å². The first-order valence-electron chi connectivity index (χ1n) is 9.07. The average molecular weight is 350 g/mol. The van der Waals surface area contributed by atoms with Crippen LogP contribution in [0.1, 0.15) is 61.5 Å². The fourth-order valence-electron chi connectivity index (χ4n) is 3.91. The average Bonchev–Trinajstić information content (AvgIpc) is 2.62. The Balaban J connectivity index is 1.77. The van der Waals surface area contributed by atoms with Gasteiger partial charge in [0.1, 0.15) is 0 Å². The van der Waals surface area contributed by atoms with Gasteiger partial charge in [-0.25, -0.2) is 5.43 Å². The number of carbonyl (C=O) groups is 1. The van der Waals surface area contributed by atoms with Gasteiger partial charge in [-0.2, -0.15) is 5.10 Å². The molecule has 1 aromatic heterocycles.